The number of amides is 1. The molecule has 26 heavy (non-hydrogen) atoms. The quantitative estimate of drug-likeness (QED) is 0.605. The molecule has 0 atom stereocenters. The van der Waals surface area contributed by atoms with Crippen molar-refractivity contribution in [1.82, 2.24) is 10.3 Å². The zero-order chi connectivity index (χ0) is 17.9. The van der Waals surface area contributed by atoms with E-state index in [0.717, 1.165) is 16.8 Å². The summed E-state index contributed by atoms with van der Waals surface area (Å²) in [7, 11) is 0. The highest BCUT2D eigenvalue weighted by molar-refractivity contribution is 8.18. The molecule has 1 saturated heterocycles. The number of nitrogens with one attached hydrogen (secondary N) is 1. The van der Waals surface area contributed by atoms with Crippen LogP contribution >= 0.6 is 34.7 Å². The Balaban J connectivity index is 1.53. The Kier molecular flexibility index (Phi) is 4.88. The number of hydrogen-bond donors (Lipinski definition) is 1. The maximum Gasteiger partial charge on any atom is 0.264 e. The first-order valence-electron chi connectivity index (χ1n) is 7.73. The van der Waals surface area contributed by atoms with Crippen LogP contribution in [0, 0.1) is 0 Å². The lowest BCUT2D eigenvalue weighted by Crippen LogP contribution is -2.19. The molecular weight excluding hydrogens is 386 g/mol. The Morgan fingerprint density at radius 3 is 2.62 bits per heavy atom. The van der Waals surface area contributed by atoms with Crippen molar-refractivity contribution in [2.24, 2.45) is 4.99 Å². The second-order valence-corrected chi connectivity index (χ2v) is 7.72. The molecule has 0 saturated carbocycles. The van der Waals surface area contributed by atoms with Crippen LogP contribution in [0.15, 0.2) is 69.9 Å². The number of halogens is 1. The number of rotatable bonds is 3. The summed E-state index contributed by atoms with van der Waals surface area (Å²) in [5.74, 6) is -0.163. The summed E-state index contributed by atoms with van der Waals surface area (Å²) in [4.78, 5) is 21.7. The maximum absolute atomic E-state index is 12.1. The summed E-state index contributed by atoms with van der Waals surface area (Å²) >= 11 is 8.63. The first-order valence-corrected chi connectivity index (χ1v) is 9.81. The van der Waals surface area contributed by atoms with E-state index in [0.29, 0.717) is 20.2 Å². The van der Waals surface area contributed by atoms with E-state index in [4.69, 9.17) is 11.6 Å². The van der Waals surface area contributed by atoms with Crippen LogP contribution in [-0.2, 0) is 4.79 Å². The largest absolute Gasteiger partial charge is 0.300 e. The summed E-state index contributed by atoms with van der Waals surface area (Å²) in [6, 6.07) is 17.2. The highest BCUT2D eigenvalue weighted by Gasteiger charge is 2.24. The Hall–Kier alpha value is -2.41. The van der Waals surface area contributed by atoms with E-state index in [1.165, 1.54) is 23.1 Å². The molecule has 2 aromatic carbocycles. The highest BCUT2D eigenvalue weighted by Crippen LogP contribution is 2.31. The molecule has 128 valence electrons. The number of aliphatic imine (C=N–C) groups is 1. The Bertz CT molecular complexity index is 1010. The van der Waals surface area contributed by atoms with Gasteiger partial charge in [-0.1, -0.05) is 54.1 Å². The van der Waals surface area contributed by atoms with Crippen LogP contribution in [0.3, 0.4) is 0 Å². The monoisotopic (exact) mass is 397 g/mol. The number of carbonyl (C=O) groups is 1. The van der Waals surface area contributed by atoms with E-state index in [2.05, 4.69) is 15.3 Å². The van der Waals surface area contributed by atoms with Crippen LogP contribution in [0.2, 0.25) is 5.02 Å². The van der Waals surface area contributed by atoms with Gasteiger partial charge in [-0.3, -0.25) is 4.79 Å². The van der Waals surface area contributed by atoms with Gasteiger partial charge in [0.2, 0.25) is 5.13 Å². The molecule has 1 fully saturated rings. The van der Waals surface area contributed by atoms with Crippen LogP contribution in [0.5, 0.6) is 0 Å². The van der Waals surface area contributed by atoms with Crippen molar-refractivity contribution in [1.29, 1.82) is 0 Å². The van der Waals surface area contributed by atoms with Gasteiger partial charge in [-0.05, 0) is 35.5 Å². The van der Waals surface area contributed by atoms with Gasteiger partial charge in [0.1, 0.15) is 0 Å². The first-order chi connectivity index (χ1) is 12.7. The molecule has 0 spiro atoms. The molecule has 1 aliphatic heterocycles. The Morgan fingerprint density at radius 1 is 1.08 bits per heavy atom. The van der Waals surface area contributed by atoms with Crippen molar-refractivity contribution in [3.05, 3.63) is 75.5 Å². The van der Waals surface area contributed by atoms with Crippen molar-refractivity contribution in [2.45, 2.75) is 0 Å². The number of benzene rings is 2. The molecular formula is C19H12ClN3OS2. The van der Waals surface area contributed by atoms with Crippen LogP contribution in [0.25, 0.3) is 17.3 Å². The minimum Gasteiger partial charge on any atom is -0.300 e. The van der Waals surface area contributed by atoms with E-state index in [9.17, 15) is 4.79 Å². The number of thiazole rings is 1. The summed E-state index contributed by atoms with van der Waals surface area (Å²) < 4.78 is 0. The normalized spacial score (nSPS) is 17.0. The molecule has 0 radical (unpaired) electrons. The number of nitrogens with zero attached hydrogens (tertiary/aromatic N) is 2. The predicted octanol–water partition coefficient (Wildman–Crippen LogP) is 5.36. The molecule has 7 heteroatoms. The zero-order valence-corrected chi connectivity index (χ0v) is 15.7. The fourth-order valence-electron chi connectivity index (χ4n) is 2.33. The molecule has 4 rings (SSSR count). The molecule has 4 nitrogen and oxygen atoms in total. The van der Waals surface area contributed by atoms with Gasteiger partial charge in [-0.25, -0.2) is 4.98 Å². The van der Waals surface area contributed by atoms with Gasteiger partial charge >= 0.3 is 0 Å². The summed E-state index contributed by atoms with van der Waals surface area (Å²) in [5.41, 5.74) is 2.83. The van der Waals surface area contributed by atoms with Crippen LogP contribution in [0.4, 0.5) is 5.13 Å². The van der Waals surface area contributed by atoms with Crippen molar-refractivity contribution < 1.29 is 4.79 Å². The smallest absolute Gasteiger partial charge is 0.264 e. The maximum atomic E-state index is 12.1. The molecule has 2 heterocycles. The SMILES string of the molecule is O=C1NC(=Nc2nc(-c3ccccc3)cs2)S/C1=C\c1ccc(Cl)cc1. The molecule has 0 unspecified atom stereocenters. The first kappa shape index (κ1) is 17.0. The lowest BCUT2D eigenvalue weighted by atomic mass is 10.2. The van der Waals surface area contributed by atoms with Crippen molar-refractivity contribution >= 4 is 57.0 Å². The molecule has 1 aromatic heterocycles. The van der Waals surface area contributed by atoms with Gasteiger partial charge in [0.25, 0.3) is 5.91 Å². The fraction of sp³-hybridized carbons (Fsp3) is 0. The van der Waals surface area contributed by atoms with Crippen LogP contribution < -0.4 is 5.32 Å². The molecule has 3 aromatic rings. The average molecular weight is 398 g/mol. The number of carbonyl (C=O) groups excluding carboxylic acids is 1. The number of thioether (sulfide) groups is 1. The van der Waals surface area contributed by atoms with E-state index in [1.54, 1.807) is 12.1 Å². The Morgan fingerprint density at radius 2 is 1.85 bits per heavy atom. The second-order valence-electron chi connectivity index (χ2n) is 5.41. The van der Waals surface area contributed by atoms with Gasteiger partial charge in [0.05, 0.1) is 10.6 Å². The lowest BCUT2D eigenvalue weighted by Gasteiger charge is -1.95. The van der Waals surface area contributed by atoms with Gasteiger partial charge in [0.15, 0.2) is 5.17 Å². The van der Waals surface area contributed by atoms with E-state index < -0.39 is 0 Å². The van der Waals surface area contributed by atoms with E-state index in [-0.39, 0.29) is 5.91 Å². The average Bonchev–Trinajstić information content (AvgIpc) is 3.25. The summed E-state index contributed by atoms with van der Waals surface area (Å²) in [6.45, 7) is 0. The van der Waals surface area contributed by atoms with Gasteiger partial charge in [0, 0.05) is 16.0 Å². The lowest BCUT2D eigenvalue weighted by molar-refractivity contribution is -0.115. The number of amidine groups is 1. The summed E-state index contributed by atoms with van der Waals surface area (Å²) in [5, 5.41) is 6.54. The third-order valence-electron chi connectivity index (χ3n) is 3.58. The molecule has 0 bridgehead atoms. The topological polar surface area (TPSA) is 54.4 Å². The zero-order valence-electron chi connectivity index (χ0n) is 13.3. The standard InChI is InChI=1S/C19H12ClN3OS2/c20-14-8-6-12(7-9-14)10-16-17(24)22-19(26-16)23-18-21-15(11-25-18)13-4-2-1-3-5-13/h1-11H,(H,21,22,23,24)/b16-10-. The van der Waals surface area contributed by atoms with Gasteiger partial charge < -0.3 is 5.32 Å². The Labute approximate surface area is 163 Å². The minimum atomic E-state index is -0.163. The molecule has 1 amide bonds. The van der Waals surface area contributed by atoms with Crippen LogP contribution in [-0.4, -0.2) is 16.1 Å². The van der Waals surface area contributed by atoms with E-state index in [1.807, 2.05) is 53.9 Å². The molecule has 1 N–H and O–H groups in total. The third kappa shape index (κ3) is 3.88. The van der Waals surface area contributed by atoms with Gasteiger partial charge in [-0.2, -0.15) is 4.99 Å². The van der Waals surface area contributed by atoms with E-state index >= 15 is 0 Å². The van der Waals surface area contributed by atoms with Gasteiger partial charge in [-0.15, -0.1) is 11.3 Å². The molecule has 1 aliphatic rings. The minimum absolute atomic E-state index is 0.163. The van der Waals surface area contributed by atoms with Crippen molar-refractivity contribution in [2.75, 3.05) is 0 Å². The predicted molar refractivity (Wildman–Crippen MR) is 110 cm³/mol. The van der Waals surface area contributed by atoms with Crippen LogP contribution in [0.1, 0.15) is 5.56 Å². The second kappa shape index (κ2) is 7.45. The summed E-state index contributed by atoms with van der Waals surface area (Å²) in [6.07, 6.45) is 1.82. The molecule has 0 aliphatic carbocycles. The van der Waals surface area contributed by atoms with Crippen molar-refractivity contribution in [3.63, 3.8) is 0 Å². The van der Waals surface area contributed by atoms with Crippen molar-refractivity contribution in [3.8, 4) is 11.3 Å². The highest BCUT2D eigenvalue weighted by atomic mass is 35.5. The number of aromatic nitrogens is 1. The fourth-order valence-corrected chi connectivity index (χ4v) is 4.04. The third-order valence-corrected chi connectivity index (χ3v) is 5.47. The number of hydrogen-bond acceptors (Lipinski definition) is 5.